The summed E-state index contributed by atoms with van der Waals surface area (Å²) >= 11 is 6.26. The van der Waals surface area contributed by atoms with Gasteiger partial charge in [-0.25, -0.2) is 0 Å². The molecule has 2 rings (SSSR count). The first kappa shape index (κ1) is 16.5. The number of hydrogen-bond acceptors (Lipinski definition) is 2. The molecule has 2 aromatic rings. The van der Waals surface area contributed by atoms with Crippen molar-refractivity contribution in [2.24, 2.45) is 0 Å². The van der Waals surface area contributed by atoms with E-state index < -0.39 is 6.04 Å². The fraction of sp³-hybridized carbons (Fsp3) is 0.278. The zero-order valence-corrected chi connectivity index (χ0v) is 13.8. The van der Waals surface area contributed by atoms with Gasteiger partial charge in [0.1, 0.15) is 6.04 Å². The third-order valence-corrected chi connectivity index (χ3v) is 3.95. The first-order chi connectivity index (χ1) is 10.5. The number of carbonyl (C=O) groups is 1. The summed E-state index contributed by atoms with van der Waals surface area (Å²) in [4.78, 5) is 14.1. The third kappa shape index (κ3) is 3.87. The lowest BCUT2D eigenvalue weighted by atomic mass is 10.0. The first-order valence-electron chi connectivity index (χ1n) is 7.27. The highest BCUT2D eigenvalue weighted by molar-refractivity contribution is 6.31. The van der Waals surface area contributed by atoms with Gasteiger partial charge in [0, 0.05) is 25.2 Å². The maximum atomic E-state index is 12.5. The van der Waals surface area contributed by atoms with E-state index in [0.717, 1.165) is 11.1 Å². The summed E-state index contributed by atoms with van der Waals surface area (Å²) in [6.07, 6.45) is 0. The summed E-state index contributed by atoms with van der Waals surface area (Å²) < 4.78 is 0. The summed E-state index contributed by atoms with van der Waals surface area (Å²) in [7, 11) is 3.53. The maximum absolute atomic E-state index is 12.5. The van der Waals surface area contributed by atoms with Gasteiger partial charge in [0.25, 0.3) is 0 Å². The number of amides is 1. The van der Waals surface area contributed by atoms with Crippen LogP contribution in [0.4, 0.5) is 0 Å². The van der Waals surface area contributed by atoms with Gasteiger partial charge < -0.3 is 4.90 Å². The monoisotopic (exact) mass is 316 g/mol. The molecule has 0 heterocycles. The number of likely N-dealkylation sites (N-methyl/N-ethyl adjacent to an activating group) is 1. The van der Waals surface area contributed by atoms with Gasteiger partial charge in [0.05, 0.1) is 0 Å². The molecule has 2 aromatic carbocycles. The Labute approximate surface area is 136 Å². The van der Waals surface area contributed by atoms with Crippen molar-refractivity contribution in [3.8, 4) is 0 Å². The zero-order chi connectivity index (χ0) is 16.1. The molecular formula is C18H21ClN2O. The SMILES string of the molecule is CC(NC(C(=O)N(C)C)c1ccccc1)c1ccccc1Cl. The van der Waals surface area contributed by atoms with E-state index in [0.29, 0.717) is 5.02 Å². The molecule has 0 saturated heterocycles. The highest BCUT2D eigenvalue weighted by Crippen LogP contribution is 2.26. The van der Waals surface area contributed by atoms with Crippen LogP contribution in [0.2, 0.25) is 5.02 Å². The Bertz CT molecular complexity index is 628. The van der Waals surface area contributed by atoms with Crippen LogP contribution in [0.5, 0.6) is 0 Å². The molecule has 0 radical (unpaired) electrons. The Morgan fingerprint density at radius 1 is 1.05 bits per heavy atom. The quantitative estimate of drug-likeness (QED) is 0.909. The predicted octanol–water partition coefficient (Wildman–Crippen LogP) is 3.82. The molecule has 3 nitrogen and oxygen atoms in total. The summed E-state index contributed by atoms with van der Waals surface area (Å²) in [5.74, 6) is 0.0186. The van der Waals surface area contributed by atoms with Crippen molar-refractivity contribution >= 4 is 17.5 Å². The van der Waals surface area contributed by atoms with E-state index in [1.165, 1.54) is 0 Å². The van der Waals surface area contributed by atoms with Crippen LogP contribution in [0, 0.1) is 0 Å². The molecule has 0 aliphatic heterocycles. The number of carbonyl (C=O) groups excluding carboxylic acids is 1. The van der Waals surface area contributed by atoms with E-state index in [4.69, 9.17) is 11.6 Å². The summed E-state index contributed by atoms with van der Waals surface area (Å²) in [6.45, 7) is 2.01. The average Bonchev–Trinajstić information content (AvgIpc) is 2.53. The molecule has 0 aliphatic carbocycles. The smallest absolute Gasteiger partial charge is 0.243 e. The summed E-state index contributed by atoms with van der Waals surface area (Å²) in [5, 5.41) is 4.10. The number of benzene rings is 2. The molecule has 0 aromatic heterocycles. The van der Waals surface area contributed by atoms with E-state index in [-0.39, 0.29) is 11.9 Å². The summed E-state index contributed by atoms with van der Waals surface area (Å²) in [6, 6.07) is 17.0. The third-order valence-electron chi connectivity index (χ3n) is 3.61. The van der Waals surface area contributed by atoms with Gasteiger partial charge >= 0.3 is 0 Å². The van der Waals surface area contributed by atoms with E-state index in [2.05, 4.69) is 5.32 Å². The maximum Gasteiger partial charge on any atom is 0.243 e. The first-order valence-corrected chi connectivity index (χ1v) is 7.65. The van der Waals surface area contributed by atoms with Crippen molar-refractivity contribution in [3.63, 3.8) is 0 Å². The number of rotatable bonds is 5. The molecule has 2 unspecified atom stereocenters. The van der Waals surface area contributed by atoms with Crippen LogP contribution < -0.4 is 5.32 Å². The molecule has 0 saturated carbocycles. The van der Waals surface area contributed by atoms with E-state index >= 15 is 0 Å². The number of halogens is 1. The molecule has 22 heavy (non-hydrogen) atoms. The van der Waals surface area contributed by atoms with Gasteiger partial charge in [0.2, 0.25) is 5.91 Å². The summed E-state index contributed by atoms with van der Waals surface area (Å²) in [5.41, 5.74) is 1.93. The number of nitrogens with zero attached hydrogens (tertiary/aromatic N) is 1. The molecule has 0 fully saturated rings. The Kier molecular flexibility index (Phi) is 5.58. The van der Waals surface area contributed by atoms with Crippen LogP contribution in [0.3, 0.4) is 0 Å². The minimum absolute atomic E-state index is 0.0186. The molecule has 0 spiro atoms. The van der Waals surface area contributed by atoms with Crippen LogP contribution in [0.25, 0.3) is 0 Å². The van der Waals surface area contributed by atoms with Crippen molar-refractivity contribution in [2.75, 3.05) is 14.1 Å². The lowest BCUT2D eigenvalue weighted by molar-refractivity contribution is -0.131. The van der Waals surface area contributed by atoms with Crippen molar-refractivity contribution < 1.29 is 4.79 Å². The van der Waals surface area contributed by atoms with E-state index in [1.54, 1.807) is 19.0 Å². The Hall–Kier alpha value is -1.84. The minimum atomic E-state index is -0.400. The van der Waals surface area contributed by atoms with Crippen molar-refractivity contribution in [1.29, 1.82) is 0 Å². The van der Waals surface area contributed by atoms with Gasteiger partial charge in [-0.15, -0.1) is 0 Å². The zero-order valence-electron chi connectivity index (χ0n) is 13.1. The standard InChI is InChI=1S/C18H21ClN2O/c1-13(15-11-7-8-12-16(15)19)20-17(18(22)21(2)3)14-9-5-4-6-10-14/h4-13,17,20H,1-3H3. The van der Waals surface area contributed by atoms with Gasteiger partial charge in [-0.1, -0.05) is 60.1 Å². The predicted molar refractivity (Wildman–Crippen MR) is 90.9 cm³/mol. The molecule has 2 atom stereocenters. The van der Waals surface area contributed by atoms with Crippen LogP contribution in [-0.4, -0.2) is 24.9 Å². The van der Waals surface area contributed by atoms with Crippen LogP contribution in [0.1, 0.15) is 30.1 Å². The number of nitrogens with one attached hydrogen (secondary N) is 1. The lowest BCUT2D eigenvalue weighted by Crippen LogP contribution is -2.38. The lowest BCUT2D eigenvalue weighted by Gasteiger charge is -2.26. The Balaban J connectivity index is 2.27. The van der Waals surface area contributed by atoms with Crippen LogP contribution in [-0.2, 0) is 4.79 Å². The molecule has 0 aliphatic rings. The highest BCUT2D eigenvalue weighted by Gasteiger charge is 2.24. The van der Waals surface area contributed by atoms with E-state index in [9.17, 15) is 4.79 Å². The molecule has 1 amide bonds. The molecule has 116 valence electrons. The fourth-order valence-corrected chi connectivity index (χ4v) is 2.68. The average molecular weight is 317 g/mol. The molecular weight excluding hydrogens is 296 g/mol. The molecule has 4 heteroatoms. The second-order valence-electron chi connectivity index (χ2n) is 5.49. The van der Waals surface area contributed by atoms with Crippen LogP contribution in [0.15, 0.2) is 54.6 Å². The van der Waals surface area contributed by atoms with Gasteiger partial charge in [0.15, 0.2) is 0 Å². The second kappa shape index (κ2) is 7.43. The Morgan fingerprint density at radius 2 is 1.64 bits per heavy atom. The van der Waals surface area contributed by atoms with Crippen molar-refractivity contribution in [2.45, 2.75) is 19.0 Å². The van der Waals surface area contributed by atoms with Crippen molar-refractivity contribution in [1.82, 2.24) is 10.2 Å². The van der Waals surface area contributed by atoms with Gasteiger partial charge in [-0.05, 0) is 24.1 Å². The van der Waals surface area contributed by atoms with Gasteiger partial charge in [-0.2, -0.15) is 0 Å². The second-order valence-corrected chi connectivity index (χ2v) is 5.89. The fourth-order valence-electron chi connectivity index (χ4n) is 2.38. The minimum Gasteiger partial charge on any atom is -0.347 e. The number of hydrogen-bond donors (Lipinski definition) is 1. The van der Waals surface area contributed by atoms with E-state index in [1.807, 2.05) is 61.5 Å². The highest BCUT2D eigenvalue weighted by atomic mass is 35.5. The Morgan fingerprint density at radius 3 is 2.23 bits per heavy atom. The molecule has 0 bridgehead atoms. The van der Waals surface area contributed by atoms with Crippen LogP contribution >= 0.6 is 11.6 Å². The van der Waals surface area contributed by atoms with Gasteiger partial charge in [-0.3, -0.25) is 10.1 Å². The largest absolute Gasteiger partial charge is 0.347 e. The molecule has 1 N–H and O–H groups in total. The van der Waals surface area contributed by atoms with Crippen molar-refractivity contribution in [3.05, 3.63) is 70.7 Å². The normalized spacial score (nSPS) is 13.5. The topological polar surface area (TPSA) is 32.3 Å².